The first-order valence-electron chi connectivity index (χ1n) is 6.29. The van der Waals surface area contributed by atoms with Crippen LogP contribution in [-0.4, -0.2) is 21.5 Å². The second kappa shape index (κ2) is 4.39. The second-order valence-corrected chi connectivity index (χ2v) is 5.54. The van der Waals surface area contributed by atoms with Gasteiger partial charge in [0.15, 0.2) is 5.52 Å². The van der Waals surface area contributed by atoms with E-state index in [2.05, 4.69) is 10.1 Å². The number of amides is 2. The van der Waals surface area contributed by atoms with Gasteiger partial charge >= 0.3 is 16.9 Å². The number of hydrogen-bond acceptors (Lipinski definition) is 4. The second-order valence-electron chi connectivity index (χ2n) is 4.53. The predicted octanol–water partition coefficient (Wildman–Crippen LogP) is 3.39. The number of benzene rings is 2. The molecule has 0 saturated carbocycles. The number of carbonyl (C=O) groups excluding carboxylic acids is 2. The number of nitrogens with zero attached hydrogens (tertiary/aromatic N) is 3. The van der Waals surface area contributed by atoms with Gasteiger partial charge < -0.3 is 0 Å². The van der Waals surface area contributed by atoms with Crippen molar-refractivity contribution >= 4 is 38.5 Å². The molecule has 0 fully saturated rings. The van der Waals surface area contributed by atoms with Crippen molar-refractivity contribution in [2.45, 2.75) is 0 Å². The number of aromatic nitrogens is 1. The molecule has 5 nitrogen and oxygen atoms in total. The van der Waals surface area contributed by atoms with E-state index in [0.29, 0.717) is 16.3 Å². The molecule has 0 spiro atoms. The van der Waals surface area contributed by atoms with Gasteiger partial charge in [-0.15, -0.1) is 0 Å². The molecule has 2 heterocycles. The third-order valence-corrected chi connectivity index (χ3v) is 4.25. The van der Waals surface area contributed by atoms with Gasteiger partial charge in [0, 0.05) is 0 Å². The van der Waals surface area contributed by atoms with Gasteiger partial charge in [-0.3, -0.25) is 4.79 Å². The van der Waals surface area contributed by atoms with Crippen molar-refractivity contribution in [3.63, 3.8) is 0 Å². The minimum atomic E-state index is -0.426. The summed E-state index contributed by atoms with van der Waals surface area (Å²) in [5.41, 5.74) is 1.48. The van der Waals surface area contributed by atoms with E-state index in [-0.39, 0.29) is 5.91 Å². The lowest BCUT2D eigenvalue weighted by Gasteiger charge is -2.07. The summed E-state index contributed by atoms with van der Waals surface area (Å²) in [6.45, 7) is 0. The summed E-state index contributed by atoms with van der Waals surface area (Å²) in [6.07, 6.45) is 0. The Balaban J connectivity index is 1.90. The number of fused-ring (bicyclic) bond motifs is 2. The summed E-state index contributed by atoms with van der Waals surface area (Å²) in [5, 5.41) is 4.27. The van der Waals surface area contributed by atoms with Crippen LogP contribution >= 0.6 is 11.3 Å². The molecule has 2 amide bonds. The van der Waals surface area contributed by atoms with Crippen LogP contribution < -0.4 is 0 Å². The van der Waals surface area contributed by atoms with Gasteiger partial charge in [-0.1, -0.05) is 24.3 Å². The lowest BCUT2D eigenvalue weighted by Crippen LogP contribution is -2.24. The van der Waals surface area contributed by atoms with Gasteiger partial charge in [0.1, 0.15) is 0 Å². The molecule has 0 aliphatic carbocycles. The number of thiazole rings is 1. The number of para-hydroxylation sites is 1. The summed E-state index contributed by atoms with van der Waals surface area (Å²) in [7, 11) is 0. The highest BCUT2D eigenvalue weighted by Gasteiger charge is 2.34. The average molecular weight is 294 g/mol. The van der Waals surface area contributed by atoms with E-state index >= 15 is 0 Å². The van der Waals surface area contributed by atoms with E-state index in [0.717, 1.165) is 14.9 Å². The Bertz CT molecular complexity index is 910. The smallest absolute Gasteiger partial charge is 0.263 e. The molecule has 100 valence electrons. The molecule has 0 bridgehead atoms. The van der Waals surface area contributed by atoms with Crippen molar-refractivity contribution in [1.82, 2.24) is 4.98 Å². The Morgan fingerprint density at radius 3 is 2.43 bits per heavy atom. The standard InChI is InChI=1S/C15H8N3O2S/c19-13-9-5-1-2-6-10(9)14(20)18(17-13)15-16-11-7-3-4-8-12(11)21-15/h1-8H/q+1. The summed E-state index contributed by atoms with van der Waals surface area (Å²) in [6, 6.07) is 14.2. The average Bonchev–Trinajstić information content (AvgIpc) is 2.94. The highest BCUT2D eigenvalue weighted by atomic mass is 32.1. The number of azo groups is 2. The Labute approximate surface area is 123 Å². The molecule has 2 aromatic carbocycles. The van der Waals surface area contributed by atoms with Crippen molar-refractivity contribution in [3.8, 4) is 0 Å². The first-order valence-corrected chi connectivity index (χ1v) is 7.11. The maximum atomic E-state index is 12.5. The summed E-state index contributed by atoms with van der Waals surface area (Å²) >= 11 is 1.33. The van der Waals surface area contributed by atoms with Crippen LogP contribution in [0.2, 0.25) is 0 Å². The van der Waals surface area contributed by atoms with E-state index in [4.69, 9.17) is 0 Å². The fourth-order valence-corrected chi connectivity index (χ4v) is 3.16. The molecule has 6 heteroatoms. The predicted molar refractivity (Wildman–Crippen MR) is 77.1 cm³/mol. The van der Waals surface area contributed by atoms with Crippen LogP contribution in [0.1, 0.15) is 20.7 Å². The zero-order valence-electron chi connectivity index (χ0n) is 10.7. The largest absolute Gasteiger partial charge is 0.412 e. The fourth-order valence-electron chi connectivity index (χ4n) is 2.24. The maximum absolute atomic E-state index is 12.5. The molecule has 0 unspecified atom stereocenters. The number of carbonyl (C=O) groups is 2. The minimum absolute atomic E-state index is 0.329. The van der Waals surface area contributed by atoms with E-state index < -0.39 is 5.91 Å². The minimum Gasteiger partial charge on any atom is -0.263 e. The van der Waals surface area contributed by atoms with Crippen LogP contribution in [0.25, 0.3) is 10.2 Å². The SMILES string of the molecule is O=C1N=[N+](c2nc3ccccc3s2)C(=O)c2ccccc21. The van der Waals surface area contributed by atoms with Crippen molar-refractivity contribution in [3.05, 3.63) is 59.7 Å². The molecule has 3 aromatic rings. The maximum Gasteiger partial charge on any atom is 0.412 e. The van der Waals surface area contributed by atoms with Crippen LogP contribution in [0.15, 0.2) is 53.6 Å². The molecular formula is C15H8N3O2S+. The van der Waals surface area contributed by atoms with Crippen LogP contribution in [0.5, 0.6) is 0 Å². The molecule has 21 heavy (non-hydrogen) atoms. The van der Waals surface area contributed by atoms with Gasteiger partial charge in [0.2, 0.25) is 0 Å². The van der Waals surface area contributed by atoms with Gasteiger partial charge in [-0.2, -0.15) is 0 Å². The van der Waals surface area contributed by atoms with Crippen LogP contribution in [0.3, 0.4) is 0 Å². The van der Waals surface area contributed by atoms with Gasteiger partial charge in [0.05, 0.1) is 15.8 Å². The highest BCUT2D eigenvalue weighted by molar-refractivity contribution is 7.21. The molecule has 0 saturated heterocycles. The van der Waals surface area contributed by atoms with E-state index in [1.165, 1.54) is 11.3 Å². The monoisotopic (exact) mass is 294 g/mol. The van der Waals surface area contributed by atoms with Gasteiger partial charge in [0.25, 0.3) is 0 Å². The molecule has 1 aromatic heterocycles. The van der Waals surface area contributed by atoms with Gasteiger partial charge in [-0.05, 0) is 50.4 Å². The molecular weight excluding hydrogens is 286 g/mol. The van der Waals surface area contributed by atoms with E-state index in [9.17, 15) is 9.59 Å². The van der Waals surface area contributed by atoms with Crippen molar-refractivity contribution in [1.29, 1.82) is 0 Å². The summed E-state index contributed by atoms with van der Waals surface area (Å²) in [4.78, 5) is 28.9. The molecule has 0 atom stereocenters. The molecule has 4 rings (SSSR count). The fraction of sp³-hybridized carbons (Fsp3) is 0. The lowest BCUT2D eigenvalue weighted by molar-refractivity contribution is -0.407. The number of rotatable bonds is 1. The zero-order chi connectivity index (χ0) is 14.4. The summed E-state index contributed by atoms with van der Waals surface area (Å²) < 4.78 is 2.04. The first-order chi connectivity index (χ1) is 10.2. The van der Waals surface area contributed by atoms with Crippen LogP contribution in [0.4, 0.5) is 5.13 Å². The van der Waals surface area contributed by atoms with Crippen molar-refractivity contribution in [2.75, 3.05) is 0 Å². The number of hydrogen-bond donors (Lipinski definition) is 0. The quantitative estimate of drug-likeness (QED) is 0.646. The van der Waals surface area contributed by atoms with E-state index in [1.54, 1.807) is 24.3 Å². The normalized spacial score (nSPS) is 14.2. The zero-order valence-corrected chi connectivity index (χ0v) is 11.5. The summed E-state index contributed by atoms with van der Waals surface area (Å²) in [5.74, 6) is -0.756. The van der Waals surface area contributed by atoms with Crippen molar-refractivity contribution < 1.29 is 14.3 Å². The lowest BCUT2D eigenvalue weighted by atomic mass is 10.1. The molecule has 0 N–H and O–H groups in total. The molecule has 1 aliphatic rings. The highest BCUT2D eigenvalue weighted by Crippen LogP contribution is 2.30. The Morgan fingerprint density at radius 1 is 0.905 bits per heavy atom. The van der Waals surface area contributed by atoms with Gasteiger partial charge in [-0.25, -0.2) is 4.79 Å². The molecule has 0 radical (unpaired) electrons. The van der Waals surface area contributed by atoms with Crippen molar-refractivity contribution in [2.24, 2.45) is 5.11 Å². The Kier molecular flexibility index (Phi) is 2.52. The third kappa shape index (κ3) is 1.80. The first kappa shape index (κ1) is 12.0. The van der Waals surface area contributed by atoms with E-state index in [1.807, 2.05) is 24.3 Å². The van der Waals surface area contributed by atoms with Crippen LogP contribution in [-0.2, 0) is 0 Å². The topological polar surface area (TPSA) is 62.4 Å². The Morgan fingerprint density at radius 2 is 1.62 bits per heavy atom. The molecule has 1 aliphatic heterocycles. The Hall–Kier alpha value is -2.73. The third-order valence-electron chi connectivity index (χ3n) is 3.23. The van der Waals surface area contributed by atoms with Crippen LogP contribution in [0, 0.1) is 0 Å².